The van der Waals surface area contributed by atoms with Gasteiger partial charge in [0.2, 0.25) is 0 Å². The number of rotatable bonds is 3. The summed E-state index contributed by atoms with van der Waals surface area (Å²) < 4.78 is 5.80. The maximum atomic E-state index is 5.80. The van der Waals surface area contributed by atoms with Gasteiger partial charge in [-0.2, -0.15) is 0 Å². The molecule has 0 bridgehead atoms. The third kappa shape index (κ3) is 3.25. The standard InChI is InChI=1S/C10H22N2O/c1-9(12(3)4)7-10(2)8-11-5-6-13-10/h9,11H,5-8H2,1-4H3/t9-,10-/m0/s1. The molecule has 3 heteroatoms. The van der Waals surface area contributed by atoms with Crippen molar-refractivity contribution in [3.63, 3.8) is 0 Å². The second-order valence-electron chi connectivity index (χ2n) is 4.49. The first-order valence-corrected chi connectivity index (χ1v) is 5.05. The summed E-state index contributed by atoms with van der Waals surface area (Å²) in [5, 5.41) is 3.38. The van der Waals surface area contributed by atoms with Crippen LogP contribution in [0.3, 0.4) is 0 Å². The molecular formula is C10H22N2O. The second-order valence-corrected chi connectivity index (χ2v) is 4.49. The van der Waals surface area contributed by atoms with Crippen LogP contribution in [0.1, 0.15) is 20.3 Å². The third-order valence-corrected chi connectivity index (χ3v) is 2.84. The first-order valence-electron chi connectivity index (χ1n) is 5.05. The summed E-state index contributed by atoms with van der Waals surface area (Å²) in [6, 6.07) is 0.574. The van der Waals surface area contributed by atoms with Gasteiger partial charge in [-0.05, 0) is 34.4 Å². The van der Waals surface area contributed by atoms with Crippen LogP contribution in [0.4, 0.5) is 0 Å². The van der Waals surface area contributed by atoms with Crippen molar-refractivity contribution in [3.8, 4) is 0 Å². The monoisotopic (exact) mass is 186 g/mol. The quantitative estimate of drug-likeness (QED) is 0.702. The first kappa shape index (κ1) is 11.0. The summed E-state index contributed by atoms with van der Waals surface area (Å²) in [7, 11) is 4.23. The van der Waals surface area contributed by atoms with E-state index < -0.39 is 0 Å². The first-order chi connectivity index (χ1) is 6.03. The van der Waals surface area contributed by atoms with Crippen molar-refractivity contribution in [2.45, 2.75) is 31.9 Å². The molecule has 0 aliphatic carbocycles. The number of hydrogen-bond acceptors (Lipinski definition) is 3. The highest BCUT2D eigenvalue weighted by Gasteiger charge is 2.29. The van der Waals surface area contributed by atoms with Crippen LogP contribution >= 0.6 is 0 Å². The van der Waals surface area contributed by atoms with Crippen molar-refractivity contribution < 1.29 is 4.74 Å². The Morgan fingerprint density at radius 1 is 1.54 bits per heavy atom. The highest BCUT2D eigenvalue weighted by Crippen LogP contribution is 2.20. The van der Waals surface area contributed by atoms with Gasteiger partial charge in [-0.25, -0.2) is 0 Å². The lowest BCUT2D eigenvalue weighted by Gasteiger charge is -2.37. The zero-order chi connectivity index (χ0) is 9.90. The Kier molecular flexibility index (Phi) is 3.71. The average Bonchev–Trinajstić information content (AvgIpc) is 2.04. The van der Waals surface area contributed by atoms with Crippen LogP contribution in [0.15, 0.2) is 0 Å². The Bertz CT molecular complexity index is 153. The fraction of sp³-hybridized carbons (Fsp3) is 1.00. The zero-order valence-electron chi connectivity index (χ0n) is 9.26. The van der Waals surface area contributed by atoms with Crippen molar-refractivity contribution in [2.24, 2.45) is 0 Å². The molecule has 3 nitrogen and oxygen atoms in total. The molecule has 1 aliphatic rings. The highest BCUT2D eigenvalue weighted by molar-refractivity contribution is 4.85. The molecule has 0 aromatic heterocycles. The fourth-order valence-electron chi connectivity index (χ4n) is 1.71. The Hall–Kier alpha value is -0.120. The van der Waals surface area contributed by atoms with Crippen LogP contribution in [-0.4, -0.2) is 50.3 Å². The van der Waals surface area contributed by atoms with Gasteiger partial charge in [-0.3, -0.25) is 0 Å². The van der Waals surface area contributed by atoms with E-state index >= 15 is 0 Å². The van der Waals surface area contributed by atoms with Gasteiger partial charge in [-0.15, -0.1) is 0 Å². The van der Waals surface area contributed by atoms with E-state index in [2.05, 4.69) is 38.2 Å². The van der Waals surface area contributed by atoms with Gasteiger partial charge in [0.05, 0.1) is 12.2 Å². The summed E-state index contributed by atoms with van der Waals surface area (Å²) >= 11 is 0. The van der Waals surface area contributed by atoms with Crippen molar-refractivity contribution in [1.29, 1.82) is 0 Å². The zero-order valence-corrected chi connectivity index (χ0v) is 9.26. The van der Waals surface area contributed by atoms with Gasteiger partial charge >= 0.3 is 0 Å². The van der Waals surface area contributed by atoms with Crippen LogP contribution in [-0.2, 0) is 4.74 Å². The maximum Gasteiger partial charge on any atom is 0.0793 e. The molecule has 1 heterocycles. The number of ether oxygens (including phenoxy) is 1. The van der Waals surface area contributed by atoms with E-state index in [1.165, 1.54) is 0 Å². The number of nitrogens with zero attached hydrogens (tertiary/aromatic N) is 1. The molecular weight excluding hydrogens is 164 g/mol. The summed E-state index contributed by atoms with van der Waals surface area (Å²) in [4.78, 5) is 2.24. The van der Waals surface area contributed by atoms with E-state index in [1.54, 1.807) is 0 Å². The Balaban J connectivity index is 2.40. The van der Waals surface area contributed by atoms with Gasteiger partial charge in [0, 0.05) is 19.1 Å². The highest BCUT2D eigenvalue weighted by atomic mass is 16.5. The molecule has 2 atom stereocenters. The molecule has 1 saturated heterocycles. The molecule has 13 heavy (non-hydrogen) atoms. The number of hydrogen-bond donors (Lipinski definition) is 1. The van der Waals surface area contributed by atoms with E-state index in [9.17, 15) is 0 Å². The van der Waals surface area contributed by atoms with E-state index in [-0.39, 0.29) is 5.60 Å². The summed E-state index contributed by atoms with van der Waals surface area (Å²) in [5.74, 6) is 0. The van der Waals surface area contributed by atoms with Gasteiger partial charge < -0.3 is 15.0 Å². The van der Waals surface area contributed by atoms with Crippen LogP contribution in [0.5, 0.6) is 0 Å². The van der Waals surface area contributed by atoms with Gasteiger partial charge in [0.25, 0.3) is 0 Å². The maximum absolute atomic E-state index is 5.80. The van der Waals surface area contributed by atoms with E-state index in [0.29, 0.717) is 6.04 Å². The number of morpholine rings is 1. The smallest absolute Gasteiger partial charge is 0.0793 e. The van der Waals surface area contributed by atoms with E-state index in [1.807, 2.05) is 0 Å². The van der Waals surface area contributed by atoms with Crippen LogP contribution in [0, 0.1) is 0 Å². The van der Waals surface area contributed by atoms with Crippen molar-refractivity contribution >= 4 is 0 Å². The van der Waals surface area contributed by atoms with E-state index in [0.717, 1.165) is 26.1 Å². The number of nitrogens with one attached hydrogen (secondary N) is 1. The van der Waals surface area contributed by atoms with Crippen LogP contribution < -0.4 is 5.32 Å². The molecule has 1 fully saturated rings. The molecule has 0 aromatic rings. The van der Waals surface area contributed by atoms with Crippen LogP contribution in [0.2, 0.25) is 0 Å². The van der Waals surface area contributed by atoms with Gasteiger partial charge in [-0.1, -0.05) is 0 Å². The summed E-state index contributed by atoms with van der Waals surface area (Å²) in [5.41, 5.74) is 0.0297. The van der Waals surface area contributed by atoms with Crippen LogP contribution in [0.25, 0.3) is 0 Å². The Morgan fingerprint density at radius 3 is 2.69 bits per heavy atom. The minimum Gasteiger partial charge on any atom is -0.373 e. The lowest BCUT2D eigenvalue weighted by molar-refractivity contribution is -0.0677. The summed E-state index contributed by atoms with van der Waals surface area (Å²) in [6.07, 6.45) is 1.09. The topological polar surface area (TPSA) is 24.5 Å². The SMILES string of the molecule is C[C@@H](C[C@@]1(C)CNCCO1)N(C)C. The molecule has 1 rings (SSSR count). The largest absolute Gasteiger partial charge is 0.373 e. The predicted octanol–water partition coefficient (Wildman–Crippen LogP) is 0.705. The molecule has 0 unspecified atom stereocenters. The summed E-state index contributed by atoms with van der Waals surface area (Å²) in [6.45, 7) is 7.25. The average molecular weight is 186 g/mol. The van der Waals surface area contributed by atoms with Crippen molar-refractivity contribution in [3.05, 3.63) is 0 Å². The Labute approximate surface area is 81.4 Å². The predicted molar refractivity (Wildman–Crippen MR) is 55.0 cm³/mol. The normalized spacial score (nSPS) is 32.1. The molecule has 0 amide bonds. The molecule has 0 spiro atoms. The minimum atomic E-state index is 0.0297. The lowest BCUT2D eigenvalue weighted by atomic mass is 9.96. The molecule has 78 valence electrons. The minimum absolute atomic E-state index is 0.0297. The molecule has 1 aliphatic heterocycles. The van der Waals surface area contributed by atoms with Crippen molar-refractivity contribution in [1.82, 2.24) is 10.2 Å². The lowest BCUT2D eigenvalue weighted by Crippen LogP contribution is -2.50. The van der Waals surface area contributed by atoms with Crippen molar-refractivity contribution in [2.75, 3.05) is 33.8 Å². The second kappa shape index (κ2) is 4.40. The molecule has 0 saturated carbocycles. The Morgan fingerprint density at radius 2 is 2.23 bits per heavy atom. The fourth-order valence-corrected chi connectivity index (χ4v) is 1.71. The van der Waals surface area contributed by atoms with Gasteiger partial charge in [0.1, 0.15) is 0 Å². The molecule has 0 aromatic carbocycles. The van der Waals surface area contributed by atoms with E-state index in [4.69, 9.17) is 4.74 Å². The third-order valence-electron chi connectivity index (χ3n) is 2.84. The molecule has 1 N–H and O–H groups in total. The van der Waals surface area contributed by atoms with Gasteiger partial charge in [0.15, 0.2) is 0 Å². The molecule has 0 radical (unpaired) electrons.